The summed E-state index contributed by atoms with van der Waals surface area (Å²) in [4.78, 5) is 39.7. The molecular weight excluding hydrogens is 568 g/mol. The number of amides is 2. The van der Waals surface area contributed by atoms with E-state index in [1.165, 1.54) is 49.2 Å². The molecular formula is C33H26N2O7S. The Hall–Kier alpha value is -5.48. The second-order valence-electron chi connectivity index (χ2n) is 9.36. The van der Waals surface area contributed by atoms with Gasteiger partial charge in [-0.3, -0.25) is 9.59 Å². The highest BCUT2D eigenvalue weighted by Gasteiger charge is 2.17. The number of carbonyl (C=O) groups excluding carboxylic acids is 2. The van der Waals surface area contributed by atoms with Gasteiger partial charge in [-0.05, 0) is 66.7 Å². The topological polar surface area (TPSA) is 138 Å². The third-order valence-electron chi connectivity index (χ3n) is 6.32. The minimum atomic E-state index is -0.583. The van der Waals surface area contributed by atoms with E-state index in [4.69, 9.17) is 9.15 Å². The van der Waals surface area contributed by atoms with Crippen LogP contribution in [0.1, 0.15) is 21.5 Å². The van der Waals surface area contributed by atoms with Crippen LogP contribution in [0.25, 0.3) is 17.0 Å². The van der Waals surface area contributed by atoms with E-state index in [0.717, 1.165) is 4.90 Å². The summed E-state index contributed by atoms with van der Waals surface area (Å²) in [6, 6.07) is 26.3. The maximum absolute atomic E-state index is 13.5. The van der Waals surface area contributed by atoms with Gasteiger partial charge in [0.05, 0.1) is 7.11 Å². The Kier molecular flexibility index (Phi) is 8.78. The molecule has 10 heteroatoms. The van der Waals surface area contributed by atoms with Gasteiger partial charge in [0.1, 0.15) is 28.5 Å². The molecule has 2 amide bonds. The number of hydrogen-bond acceptors (Lipinski definition) is 8. The van der Waals surface area contributed by atoms with Gasteiger partial charge in [-0.15, -0.1) is 11.8 Å². The lowest BCUT2D eigenvalue weighted by Crippen LogP contribution is -2.30. The average molecular weight is 595 g/mol. The number of ether oxygens (including phenoxy) is 1. The zero-order valence-corrected chi connectivity index (χ0v) is 23.7. The van der Waals surface area contributed by atoms with E-state index >= 15 is 0 Å². The largest absolute Gasteiger partial charge is 0.508 e. The van der Waals surface area contributed by atoms with Crippen molar-refractivity contribution in [2.75, 3.05) is 12.4 Å². The molecule has 0 saturated heterocycles. The number of hydrogen-bond donors (Lipinski definition) is 4. The Balaban J connectivity index is 1.36. The minimum Gasteiger partial charge on any atom is -0.508 e. The molecule has 0 aliphatic carbocycles. The molecule has 0 spiro atoms. The molecule has 216 valence electrons. The molecule has 0 aliphatic rings. The molecule has 0 radical (unpaired) electrons. The quantitative estimate of drug-likeness (QED) is 0.0938. The molecule has 1 aromatic heterocycles. The first-order valence-electron chi connectivity index (χ1n) is 13.0. The van der Waals surface area contributed by atoms with E-state index in [-0.39, 0.29) is 17.2 Å². The maximum Gasteiger partial charge on any atom is 0.340 e. The van der Waals surface area contributed by atoms with Crippen LogP contribution in [0, 0.1) is 0 Å². The summed E-state index contributed by atoms with van der Waals surface area (Å²) in [6.07, 6.45) is 1.46. The molecule has 0 aliphatic heterocycles. The van der Waals surface area contributed by atoms with Crippen LogP contribution in [0.3, 0.4) is 0 Å². The van der Waals surface area contributed by atoms with Gasteiger partial charge in [-0.2, -0.15) is 0 Å². The van der Waals surface area contributed by atoms with Gasteiger partial charge in [0.2, 0.25) is 0 Å². The van der Waals surface area contributed by atoms with Crippen LogP contribution in [0.2, 0.25) is 0 Å². The minimum absolute atomic E-state index is 0.0106. The van der Waals surface area contributed by atoms with Gasteiger partial charge in [-0.1, -0.05) is 24.3 Å². The predicted molar refractivity (Wildman–Crippen MR) is 165 cm³/mol. The standard InChI is InChI=1S/C33H26N2O7S/c1-41-29-17-25(36)13-11-22(29)15-28(35-31(38)20-6-3-2-4-7-20)32(39)34-24-8-5-9-27(16-24)43-19-23-14-21-10-12-26(37)18-30(21)42-33(23)40/h2-18,36-37H,19H2,1H3,(H,34,39)(H,35,38)/b28-15-. The third-order valence-corrected chi connectivity index (χ3v) is 7.37. The van der Waals surface area contributed by atoms with Crippen LogP contribution in [-0.2, 0) is 10.5 Å². The number of aromatic hydroxyl groups is 2. The highest BCUT2D eigenvalue weighted by Crippen LogP contribution is 2.28. The predicted octanol–water partition coefficient (Wildman–Crippen LogP) is 5.91. The number of phenolic OH excluding ortho intramolecular Hbond substituents is 2. The van der Waals surface area contributed by atoms with E-state index < -0.39 is 17.4 Å². The Morgan fingerprint density at radius 3 is 2.47 bits per heavy atom. The summed E-state index contributed by atoms with van der Waals surface area (Å²) in [5, 5.41) is 25.7. The fourth-order valence-corrected chi connectivity index (χ4v) is 5.09. The van der Waals surface area contributed by atoms with Crippen molar-refractivity contribution in [3.63, 3.8) is 0 Å². The smallest absolute Gasteiger partial charge is 0.340 e. The van der Waals surface area contributed by atoms with Crippen LogP contribution in [0.15, 0.2) is 117 Å². The Morgan fingerprint density at radius 1 is 0.907 bits per heavy atom. The lowest BCUT2D eigenvalue weighted by atomic mass is 10.1. The van der Waals surface area contributed by atoms with Crippen LogP contribution in [-0.4, -0.2) is 29.1 Å². The van der Waals surface area contributed by atoms with E-state index in [1.54, 1.807) is 66.7 Å². The second kappa shape index (κ2) is 13.0. The molecule has 0 saturated carbocycles. The Labute approximate surface area is 250 Å². The van der Waals surface area contributed by atoms with Crippen molar-refractivity contribution in [3.8, 4) is 17.2 Å². The highest BCUT2D eigenvalue weighted by atomic mass is 32.2. The fraction of sp³-hybridized carbons (Fsp3) is 0.0606. The normalized spacial score (nSPS) is 11.2. The summed E-state index contributed by atoms with van der Waals surface area (Å²) in [7, 11) is 1.43. The maximum atomic E-state index is 13.5. The van der Waals surface area contributed by atoms with Crippen molar-refractivity contribution in [1.82, 2.24) is 5.32 Å². The van der Waals surface area contributed by atoms with Gasteiger partial charge in [-0.25, -0.2) is 4.79 Å². The highest BCUT2D eigenvalue weighted by molar-refractivity contribution is 7.98. The van der Waals surface area contributed by atoms with E-state index in [0.29, 0.717) is 44.8 Å². The average Bonchev–Trinajstić information content (AvgIpc) is 3.01. The lowest BCUT2D eigenvalue weighted by molar-refractivity contribution is -0.113. The molecule has 5 aromatic rings. The van der Waals surface area contributed by atoms with Crippen molar-refractivity contribution >= 4 is 46.3 Å². The van der Waals surface area contributed by atoms with Crippen LogP contribution in [0.4, 0.5) is 5.69 Å². The van der Waals surface area contributed by atoms with Crippen molar-refractivity contribution in [2.45, 2.75) is 10.6 Å². The SMILES string of the molecule is COc1cc(O)ccc1/C=C(\NC(=O)c1ccccc1)C(=O)Nc1cccc(SCc2cc3ccc(O)cc3oc2=O)c1. The molecule has 4 N–H and O–H groups in total. The number of methoxy groups -OCH3 is 1. The number of carbonyl (C=O) groups is 2. The van der Waals surface area contributed by atoms with Gasteiger partial charge >= 0.3 is 5.63 Å². The lowest BCUT2D eigenvalue weighted by Gasteiger charge is -2.13. The van der Waals surface area contributed by atoms with Crippen LogP contribution < -0.4 is 21.0 Å². The van der Waals surface area contributed by atoms with Gasteiger partial charge in [0.25, 0.3) is 11.8 Å². The molecule has 0 unspecified atom stereocenters. The number of rotatable bonds is 9. The number of nitrogens with one attached hydrogen (secondary N) is 2. The summed E-state index contributed by atoms with van der Waals surface area (Å²) in [5.41, 5.74) is 1.51. The number of fused-ring (bicyclic) bond motifs is 1. The van der Waals surface area contributed by atoms with E-state index in [1.807, 2.05) is 6.07 Å². The molecule has 9 nitrogen and oxygen atoms in total. The second-order valence-corrected chi connectivity index (χ2v) is 10.4. The van der Waals surface area contributed by atoms with E-state index in [2.05, 4.69) is 10.6 Å². The van der Waals surface area contributed by atoms with Gasteiger partial charge in [0.15, 0.2) is 0 Å². The van der Waals surface area contributed by atoms with E-state index in [9.17, 15) is 24.6 Å². The van der Waals surface area contributed by atoms with Crippen molar-refractivity contribution in [2.24, 2.45) is 0 Å². The number of phenols is 2. The van der Waals surface area contributed by atoms with Crippen molar-refractivity contribution in [3.05, 3.63) is 130 Å². The zero-order chi connectivity index (χ0) is 30.3. The molecule has 0 bridgehead atoms. The first-order valence-corrected chi connectivity index (χ1v) is 14.0. The summed E-state index contributed by atoms with van der Waals surface area (Å²) < 4.78 is 10.7. The Bertz CT molecular complexity index is 1900. The molecule has 5 rings (SSSR count). The molecule has 4 aromatic carbocycles. The zero-order valence-electron chi connectivity index (χ0n) is 22.9. The summed E-state index contributed by atoms with van der Waals surface area (Å²) in [6.45, 7) is 0. The van der Waals surface area contributed by atoms with Gasteiger partial charge in [0, 0.05) is 50.5 Å². The van der Waals surface area contributed by atoms with Crippen LogP contribution >= 0.6 is 11.8 Å². The fourth-order valence-electron chi connectivity index (χ4n) is 4.18. The molecule has 43 heavy (non-hydrogen) atoms. The number of thioether (sulfide) groups is 1. The monoisotopic (exact) mass is 594 g/mol. The first kappa shape index (κ1) is 29.0. The number of anilines is 1. The first-order chi connectivity index (χ1) is 20.8. The summed E-state index contributed by atoms with van der Waals surface area (Å²) in [5.74, 6) is -0.434. The molecule has 0 fully saturated rings. The van der Waals surface area contributed by atoms with Crippen molar-refractivity contribution in [1.29, 1.82) is 0 Å². The summed E-state index contributed by atoms with van der Waals surface area (Å²) >= 11 is 1.38. The van der Waals surface area contributed by atoms with Crippen molar-refractivity contribution < 1.29 is 29.0 Å². The third kappa shape index (κ3) is 7.24. The molecule has 1 heterocycles. The molecule has 0 atom stereocenters. The number of benzene rings is 4. The Morgan fingerprint density at radius 2 is 1.67 bits per heavy atom. The van der Waals surface area contributed by atoms with Gasteiger partial charge < -0.3 is 30.0 Å². The van der Waals surface area contributed by atoms with Crippen LogP contribution in [0.5, 0.6) is 17.2 Å².